The van der Waals surface area contributed by atoms with Gasteiger partial charge < -0.3 is 5.11 Å². The Morgan fingerprint density at radius 3 is 1.94 bits per heavy atom. The Balaban J connectivity index is 2.76. The zero-order valence-electron chi connectivity index (χ0n) is 7.62. The summed E-state index contributed by atoms with van der Waals surface area (Å²) in [5.74, 6) is -0.299. The molecule has 0 unspecified atom stereocenters. The predicted octanol–water partition coefficient (Wildman–Crippen LogP) is 0.866. The molecule has 1 aromatic heterocycles. The third kappa shape index (κ3) is 1.62. The van der Waals surface area contributed by atoms with E-state index in [-0.39, 0.29) is 21.5 Å². The van der Waals surface area contributed by atoms with Crippen LogP contribution in [-0.2, 0) is 0 Å². The lowest BCUT2D eigenvalue weighted by Gasteiger charge is -2.03. The van der Waals surface area contributed by atoms with E-state index in [9.17, 15) is 14.7 Å². The summed E-state index contributed by atoms with van der Waals surface area (Å²) in [4.78, 5) is 22.6. The fraction of sp³-hybridized carbons (Fsp3) is 0. The second-order valence-corrected chi connectivity index (χ2v) is 3.77. The van der Waals surface area contributed by atoms with Gasteiger partial charge in [0.05, 0.1) is 15.7 Å². The summed E-state index contributed by atoms with van der Waals surface area (Å²) in [6.07, 6.45) is 0. The Kier molecular flexibility index (Phi) is 2.53. The van der Waals surface area contributed by atoms with Crippen molar-refractivity contribution in [3.8, 4) is 11.4 Å². The van der Waals surface area contributed by atoms with Gasteiger partial charge in [0.2, 0.25) is 0 Å². The number of nitrogens with zero attached hydrogens (tertiary/aromatic N) is 1. The van der Waals surface area contributed by atoms with Crippen molar-refractivity contribution in [3.05, 3.63) is 43.1 Å². The Morgan fingerprint density at radius 1 is 1.06 bits per heavy atom. The van der Waals surface area contributed by atoms with Crippen molar-refractivity contribution < 1.29 is 5.11 Å². The molecule has 1 aromatic carbocycles. The Labute approximate surface area is 98.0 Å². The minimum atomic E-state index is -0.650. The summed E-state index contributed by atoms with van der Waals surface area (Å²) < 4.78 is 0.803. The van der Waals surface area contributed by atoms with E-state index in [1.165, 1.54) is 12.1 Å². The molecule has 0 aliphatic rings. The highest BCUT2D eigenvalue weighted by molar-refractivity contribution is 6.37. The second kappa shape index (κ2) is 3.73. The molecular formula is C8H5Cl2N3O3. The maximum atomic E-state index is 11.3. The number of aromatic nitrogens is 3. The lowest BCUT2D eigenvalue weighted by atomic mass is 10.3. The van der Waals surface area contributed by atoms with E-state index < -0.39 is 11.4 Å². The summed E-state index contributed by atoms with van der Waals surface area (Å²) in [5.41, 5.74) is -1.13. The van der Waals surface area contributed by atoms with Crippen LogP contribution in [0, 0.1) is 0 Å². The van der Waals surface area contributed by atoms with E-state index in [1.807, 2.05) is 0 Å². The molecule has 2 aromatic rings. The molecule has 0 aliphatic carbocycles. The van der Waals surface area contributed by atoms with Gasteiger partial charge in [-0.15, -0.1) is 0 Å². The van der Waals surface area contributed by atoms with Crippen molar-refractivity contribution in [1.82, 2.24) is 14.8 Å². The van der Waals surface area contributed by atoms with E-state index in [0.717, 1.165) is 4.57 Å². The van der Waals surface area contributed by atoms with Crippen molar-refractivity contribution in [2.24, 2.45) is 0 Å². The fourth-order valence-corrected chi connectivity index (χ4v) is 1.70. The second-order valence-electron chi connectivity index (χ2n) is 2.95. The molecule has 0 spiro atoms. The molecule has 84 valence electrons. The average molecular weight is 262 g/mol. The highest BCUT2D eigenvalue weighted by Gasteiger charge is 2.11. The van der Waals surface area contributed by atoms with Crippen molar-refractivity contribution in [1.29, 1.82) is 0 Å². The predicted molar refractivity (Wildman–Crippen MR) is 58.7 cm³/mol. The first-order valence-electron chi connectivity index (χ1n) is 4.09. The van der Waals surface area contributed by atoms with Gasteiger partial charge in [-0.3, -0.25) is 0 Å². The van der Waals surface area contributed by atoms with Crippen LogP contribution in [-0.4, -0.2) is 19.9 Å². The molecule has 0 aliphatic heterocycles. The van der Waals surface area contributed by atoms with Crippen LogP contribution >= 0.6 is 23.2 Å². The summed E-state index contributed by atoms with van der Waals surface area (Å²) in [7, 11) is 0. The number of aromatic hydroxyl groups is 1. The minimum Gasteiger partial charge on any atom is -0.505 e. The highest BCUT2D eigenvalue weighted by atomic mass is 35.5. The first kappa shape index (κ1) is 10.8. The quantitative estimate of drug-likeness (QED) is 0.712. The van der Waals surface area contributed by atoms with Gasteiger partial charge in [-0.25, -0.2) is 24.4 Å². The van der Waals surface area contributed by atoms with Gasteiger partial charge in [-0.05, 0) is 12.1 Å². The highest BCUT2D eigenvalue weighted by Crippen LogP contribution is 2.33. The lowest BCUT2D eigenvalue weighted by Crippen LogP contribution is -2.24. The van der Waals surface area contributed by atoms with Crippen molar-refractivity contribution in [2.45, 2.75) is 0 Å². The Bertz CT molecular complexity index is 605. The lowest BCUT2D eigenvalue weighted by molar-refractivity contribution is 0.475. The first-order valence-corrected chi connectivity index (χ1v) is 4.84. The zero-order chi connectivity index (χ0) is 11.9. The van der Waals surface area contributed by atoms with Crippen LogP contribution in [0.2, 0.25) is 10.0 Å². The van der Waals surface area contributed by atoms with Crippen molar-refractivity contribution in [2.75, 3.05) is 0 Å². The molecule has 0 radical (unpaired) electrons. The van der Waals surface area contributed by atoms with Crippen LogP contribution < -0.4 is 11.4 Å². The smallest absolute Gasteiger partial charge is 0.348 e. The molecule has 0 atom stereocenters. The summed E-state index contributed by atoms with van der Waals surface area (Å²) >= 11 is 11.3. The van der Waals surface area contributed by atoms with Crippen LogP contribution in [0.25, 0.3) is 5.69 Å². The molecule has 0 saturated heterocycles. The van der Waals surface area contributed by atoms with Gasteiger partial charge in [0, 0.05) is 0 Å². The molecule has 0 fully saturated rings. The van der Waals surface area contributed by atoms with E-state index in [4.69, 9.17) is 23.2 Å². The largest absolute Gasteiger partial charge is 0.505 e. The molecule has 0 saturated carbocycles. The van der Waals surface area contributed by atoms with E-state index in [0.29, 0.717) is 0 Å². The fourth-order valence-electron chi connectivity index (χ4n) is 1.23. The summed E-state index contributed by atoms with van der Waals surface area (Å²) in [5, 5.41) is 13.4. The number of phenolic OH excluding ortho intramolecular Hbond substituents is 1. The summed E-state index contributed by atoms with van der Waals surface area (Å²) in [6.45, 7) is 0. The number of hydrogen-bond donors (Lipinski definition) is 3. The number of benzene rings is 1. The molecular weight excluding hydrogens is 257 g/mol. The van der Waals surface area contributed by atoms with Crippen molar-refractivity contribution >= 4 is 23.2 Å². The van der Waals surface area contributed by atoms with Crippen LogP contribution in [0.5, 0.6) is 5.75 Å². The van der Waals surface area contributed by atoms with Gasteiger partial charge in [0.15, 0.2) is 5.75 Å². The zero-order valence-corrected chi connectivity index (χ0v) is 9.13. The topological polar surface area (TPSA) is 90.9 Å². The Hall–Kier alpha value is -1.66. The Morgan fingerprint density at radius 2 is 1.50 bits per heavy atom. The average Bonchev–Trinajstić information content (AvgIpc) is 2.54. The van der Waals surface area contributed by atoms with E-state index >= 15 is 0 Å². The molecule has 0 amide bonds. The molecule has 0 bridgehead atoms. The van der Waals surface area contributed by atoms with Gasteiger partial charge in [-0.1, -0.05) is 23.2 Å². The monoisotopic (exact) mass is 261 g/mol. The van der Waals surface area contributed by atoms with Gasteiger partial charge in [0.1, 0.15) is 0 Å². The number of hydrogen-bond acceptors (Lipinski definition) is 3. The van der Waals surface area contributed by atoms with E-state index in [1.54, 1.807) is 0 Å². The molecule has 3 N–H and O–H groups in total. The molecule has 16 heavy (non-hydrogen) atoms. The SMILES string of the molecule is O=c1[nH][nH]c(=O)n1-c1cc(Cl)c(O)c(Cl)c1. The van der Waals surface area contributed by atoms with Crippen LogP contribution in [0.15, 0.2) is 21.7 Å². The third-order valence-corrected chi connectivity index (χ3v) is 2.52. The number of aromatic amines is 2. The number of halogens is 2. The van der Waals surface area contributed by atoms with Crippen LogP contribution in [0.1, 0.15) is 0 Å². The maximum absolute atomic E-state index is 11.3. The maximum Gasteiger partial charge on any atom is 0.348 e. The van der Waals surface area contributed by atoms with Crippen LogP contribution in [0.3, 0.4) is 0 Å². The van der Waals surface area contributed by atoms with E-state index in [2.05, 4.69) is 10.2 Å². The normalized spacial score (nSPS) is 10.6. The number of phenols is 1. The number of rotatable bonds is 1. The third-order valence-electron chi connectivity index (χ3n) is 1.94. The van der Waals surface area contributed by atoms with Crippen LogP contribution in [0.4, 0.5) is 0 Å². The first-order chi connectivity index (χ1) is 7.50. The van der Waals surface area contributed by atoms with Crippen molar-refractivity contribution in [3.63, 3.8) is 0 Å². The number of nitrogens with one attached hydrogen (secondary N) is 2. The van der Waals surface area contributed by atoms with Gasteiger partial charge >= 0.3 is 11.4 Å². The minimum absolute atomic E-state index is 0.0463. The summed E-state index contributed by atoms with van der Waals surface area (Å²) in [6, 6.07) is 2.51. The number of H-pyrrole nitrogens is 2. The molecule has 2 rings (SSSR count). The molecule has 8 heteroatoms. The van der Waals surface area contributed by atoms with Gasteiger partial charge in [0.25, 0.3) is 0 Å². The van der Waals surface area contributed by atoms with Gasteiger partial charge in [-0.2, -0.15) is 0 Å². The molecule has 6 nitrogen and oxygen atoms in total. The molecule has 1 heterocycles. The standard InChI is InChI=1S/C8H5Cl2N3O3/c9-4-1-3(2-5(10)6(4)14)13-7(15)11-12-8(13)16/h1-2,14H,(H,11,15)(H,12,16).